The molecule has 1 aliphatic rings. The van der Waals surface area contributed by atoms with Crippen molar-refractivity contribution in [3.05, 3.63) is 23.8 Å². The summed E-state index contributed by atoms with van der Waals surface area (Å²) >= 11 is 0. The van der Waals surface area contributed by atoms with E-state index < -0.39 is 0 Å². The van der Waals surface area contributed by atoms with Crippen LogP contribution in [0, 0.1) is 0 Å². The Morgan fingerprint density at radius 1 is 1.19 bits per heavy atom. The van der Waals surface area contributed by atoms with Crippen LogP contribution in [0.2, 0.25) is 0 Å². The number of ether oxygens (including phenoxy) is 2. The van der Waals surface area contributed by atoms with Gasteiger partial charge in [0.25, 0.3) is 0 Å². The van der Waals surface area contributed by atoms with Crippen molar-refractivity contribution in [2.45, 2.75) is 65.4 Å². The Bertz CT molecular complexity index is 617. The van der Waals surface area contributed by atoms with Gasteiger partial charge in [0.05, 0.1) is 0 Å². The first-order valence-corrected chi connectivity index (χ1v) is 11.8. The quantitative estimate of drug-likeness (QED) is 0.350. The summed E-state index contributed by atoms with van der Waals surface area (Å²) in [5.74, 6) is 1.18. The molecule has 0 aromatic heterocycles. The van der Waals surface area contributed by atoms with Crippen LogP contribution in [0.5, 0.6) is 11.5 Å². The molecule has 1 heterocycles. The van der Waals surface area contributed by atoms with E-state index in [1.807, 2.05) is 26.0 Å². The molecule has 0 N–H and O–H groups in total. The fourth-order valence-corrected chi connectivity index (χ4v) is 4.72. The van der Waals surface area contributed by atoms with Gasteiger partial charge in [-0.15, -0.1) is 0 Å². The van der Waals surface area contributed by atoms with Gasteiger partial charge in [0, 0.05) is 54.1 Å². The molecule has 0 saturated heterocycles. The molecule has 1 aliphatic heterocycles. The van der Waals surface area contributed by atoms with Gasteiger partial charge < -0.3 is 9.47 Å². The molecule has 0 aliphatic carbocycles. The first-order chi connectivity index (χ1) is 12.9. The van der Waals surface area contributed by atoms with Crippen LogP contribution in [0.3, 0.4) is 0 Å². The normalized spacial score (nSPS) is 14.7. The maximum atomic E-state index is 12.5. The fourth-order valence-electron chi connectivity index (χ4n) is 2.81. The highest BCUT2D eigenvalue weighted by Crippen LogP contribution is 2.42. The van der Waals surface area contributed by atoms with Crippen molar-refractivity contribution in [1.29, 1.82) is 0 Å². The summed E-state index contributed by atoms with van der Waals surface area (Å²) in [7, 11) is 4.77. The lowest BCUT2D eigenvalue weighted by Gasteiger charge is -2.23. The third-order valence-corrected chi connectivity index (χ3v) is 6.80. The van der Waals surface area contributed by atoms with Gasteiger partial charge in [-0.25, -0.2) is 13.4 Å². The largest absolute Gasteiger partial charge is 0.483 e. The molecule has 0 unspecified atom stereocenters. The van der Waals surface area contributed by atoms with Crippen molar-refractivity contribution in [1.82, 2.24) is 8.61 Å². The maximum Gasteiger partial charge on any atom is 0.425 e. The minimum atomic E-state index is -0.389. The Labute approximate surface area is 171 Å². The van der Waals surface area contributed by atoms with E-state index in [1.54, 1.807) is 24.1 Å². The van der Waals surface area contributed by atoms with E-state index in [0.717, 1.165) is 37.9 Å². The van der Waals surface area contributed by atoms with Crippen LogP contribution >= 0.6 is 22.0 Å². The van der Waals surface area contributed by atoms with Crippen molar-refractivity contribution < 1.29 is 14.3 Å². The standard InChI is InChI=1S/C20H32N2O3S2/c1-6-8-13-22(14-9-7-2)27-26-21(5)19(23)24-17-12-10-11-16-15-20(3,4)25-18(16)17/h10-12H,6-9,13-15H2,1-5H3. The molecular weight excluding hydrogens is 380 g/mol. The Morgan fingerprint density at radius 3 is 2.48 bits per heavy atom. The lowest BCUT2D eigenvalue weighted by Crippen LogP contribution is -2.26. The fraction of sp³-hybridized carbons (Fsp3) is 0.650. The summed E-state index contributed by atoms with van der Waals surface area (Å²) in [6.07, 6.45) is 5.09. The number of hydrogen-bond donors (Lipinski definition) is 0. The van der Waals surface area contributed by atoms with E-state index in [4.69, 9.17) is 9.47 Å². The molecule has 1 aromatic rings. The zero-order chi connectivity index (χ0) is 19.9. The highest BCUT2D eigenvalue weighted by Gasteiger charge is 2.33. The Kier molecular flexibility index (Phi) is 8.63. The average Bonchev–Trinajstić information content (AvgIpc) is 2.95. The SMILES string of the molecule is CCCCN(CCCC)SSN(C)C(=O)Oc1cccc2c1OC(C)(C)C2. The minimum Gasteiger partial charge on any atom is -0.483 e. The number of rotatable bonds is 10. The van der Waals surface area contributed by atoms with Crippen molar-refractivity contribution in [2.24, 2.45) is 0 Å². The van der Waals surface area contributed by atoms with Gasteiger partial charge in [0.1, 0.15) is 5.60 Å². The lowest BCUT2D eigenvalue weighted by molar-refractivity contribution is 0.132. The van der Waals surface area contributed by atoms with Gasteiger partial charge >= 0.3 is 6.09 Å². The molecule has 152 valence electrons. The summed E-state index contributed by atoms with van der Waals surface area (Å²) in [6.45, 7) is 10.5. The summed E-state index contributed by atoms with van der Waals surface area (Å²) in [5.41, 5.74) is 0.820. The van der Waals surface area contributed by atoms with Crippen LogP contribution < -0.4 is 9.47 Å². The van der Waals surface area contributed by atoms with Crippen LogP contribution in [-0.4, -0.2) is 40.4 Å². The molecule has 0 radical (unpaired) electrons. The van der Waals surface area contributed by atoms with E-state index in [9.17, 15) is 4.79 Å². The molecule has 27 heavy (non-hydrogen) atoms. The molecule has 0 atom stereocenters. The summed E-state index contributed by atoms with van der Waals surface area (Å²) in [6, 6.07) is 5.72. The summed E-state index contributed by atoms with van der Waals surface area (Å²) < 4.78 is 15.5. The number of carbonyl (C=O) groups excluding carboxylic acids is 1. The Morgan fingerprint density at radius 2 is 1.85 bits per heavy atom. The molecule has 0 spiro atoms. The number of nitrogens with zero attached hydrogens (tertiary/aromatic N) is 2. The van der Waals surface area contributed by atoms with Crippen LogP contribution in [0.15, 0.2) is 18.2 Å². The van der Waals surface area contributed by atoms with E-state index in [1.165, 1.54) is 28.1 Å². The van der Waals surface area contributed by atoms with Gasteiger partial charge in [-0.1, -0.05) is 38.8 Å². The van der Waals surface area contributed by atoms with Crippen molar-refractivity contribution in [2.75, 3.05) is 20.1 Å². The highest BCUT2D eigenvalue weighted by molar-refractivity contribution is 8.75. The number of unbranched alkanes of at least 4 members (excludes halogenated alkanes) is 2. The molecule has 1 amide bonds. The number of para-hydroxylation sites is 1. The molecule has 5 nitrogen and oxygen atoms in total. The molecule has 0 saturated carbocycles. The van der Waals surface area contributed by atoms with Crippen molar-refractivity contribution in [3.63, 3.8) is 0 Å². The first kappa shape index (κ1) is 22.2. The van der Waals surface area contributed by atoms with E-state index in [-0.39, 0.29) is 11.7 Å². The highest BCUT2D eigenvalue weighted by atomic mass is 33.1. The van der Waals surface area contributed by atoms with Crippen LogP contribution in [0.1, 0.15) is 58.9 Å². The predicted molar refractivity (Wildman–Crippen MR) is 115 cm³/mol. The van der Waals surface area contributed by atoms with Gasteiger partial charge in [-0.2, -0.15) is 0 Å². The van der Waals surface area contributed by atoms with E-state index in [2.05, 4.69) is 18.2 Å². The second-order valence-corrected chi connectivity index (χ2v) is 9.69. The number of benzene rings is 1. The molecule has 2 rings (SSSR count). The number of fused-ring (bicyclic) bond motifs is 1. The van der Waals surface area contributed by atoms with Gasteiger partial charge in [-0.3, -0.25) is 0 Å². The minimum absolute atomic E-state index is 0.263. The monoisotopic (exact) mass is 412 g/mol. The Hall–Kier alpha value is -1.05. The predicted octanol–water partition coefficient (Wildman–Crippen LogP) is 5.94. The smallest absolute Gasteiger partial charge is 0.425 e. The topological polar surface area (TPSA) is 42.0 Å². The van der Waals surface area contributed by atoms with Gasteiger partial charge in [0.15, 0.2) is 11.5 Å². The van der Waals surface area contributed by atoms with E-state index in [0.29, 0.717) is 11.5 Å². The summed E-state index contributed by atoms with van der Waals surface area (Å²) in [5, 5.41) is 0. The Balaban J connectivity index is 1.90. The third kappa shape index (κ3) is 6.80. The number of carbonyl (C=O) groups is 1. The van der Waals surface area contributed by atoms with E-state index >= 15 is 0 Å². The molecular formula is C20H32N2O3S2. The molecule has 0 fully saturated rings. The first-order valence-electron chi connectivity index (χ1n) is 9.72. The zero-order valence-corrected chi connectivity index (χ0v) is 18.8. The second-order valence-electron chi connectivity index (χ2n) is 7.43. The number of hydrogen-bond acceptors (Lipinski definition) is 6. The third-order valence-electron chi connectivity index (χ3n) is 4.28. The molecule has 1 aromatic carbocycles. The van der Waals surface area contributed by atoms with Crippen molar-refractivity contribution >= 4 is 28.1 Å². The van der Waals surface area contributed by atoms with Gasteiger partial charge in [0.2, 0.25) is 0 Å². The van der Waals surface area contributed by atoms with Crippen LogP contribution in [0.25, 0.3) is 0 Å². The number of amides is 1. The summed E-state index contributed by atoms with van der Waals surface area (Å²) in [4.78, 5) is 12.5. The van der Waals surface area contributed by atoms with Crippen LogP contribution in [0.4, 0.5) is 4.79 Å². The van der Waals surface area contributed by atoms with Gasteiger partial charge in [-0.05, 0) is 32.8 Å². The lowest BCUT2D eigenvalue weighted by atomic mass is 10.0. The zero-order valence-electron chi connectivity index (χ0n) is 17.1. The average molecular weight is 413 g/mol. The van der Waals surface area contributed by atoms with Crippen molar-refractivity contribution in [3.8, 4) is 11.5 Å². The van der Waals surface area contributed by atoms with Crippen LogP contribution in [-0.2, 0) is 6.42 Å². The second kappa shape index (κ2) is 10.5. The molecule has 0 bridgehead atoms. The molecule has 7 heteroatoms. The maximum absolute atomic E-state index is 12.5.